The monoisotopic (exact) mass is 360 g/mol. The molecule has 1 aliphatic rings. The van der Waals surface area contributed by atoms with Crippen LogP contribution in [0.4, 0.5) is 0 Å². The Hall–Kier alpha value is -2.44. The van der Waals surface area contributed by atoms with Crippen molar-refractivity contribution in [1.82, 2.24) is 0 Å². The number of aliphatic hydroxyl groups excluding tert-OH is 2. The van der Waals surface area contributed by atoms with Crippen molar-refractivity contribution in [1.29, 1.82) is 0 Å². The number of rotatable bonds is 0. The fourth-order valence-electron chi connectivity index (χ4n) is 2.64. The van der Waals surface area contributed by atoms with Crippen LogP contribution in [0, 0.1) is 12.8 Å². The van der Waals surface area contributed by atoms with Crippen LogP contribution in [0.15, 0.2) is 30.4 Å². The number of carbonyl (C=O) groups excluding carboxylic acids is 2. The predicted octanol–water partition coefficient (Wildman–Crippen LogP) is 2.15. The first-order chi connectivity index (χ1) is 12.2. The average molecular weight is 360 g/mol. The topological polar surface area (TPSA) is 104 Å². The number of aliphatic hydroxyl groups is 2. The minimum Gasteiger partial charge on any atom is -0.507 e. The molecule has 2 rings (SSSR count). The zero-order valence-corrected chi connectivity index (χ0v) is 15.0. The number of ketones is 1. The van der Waals surface area contributed by atoms with Gasteiger partial charge in [-0.15, -0.1) is 0 Å². The van der Waals surface area contributed by atoms with Crippen LogP contribution in [0.25, 0.3) is 6.08 Å². The number of aromatic hydroxyl groups is 1. The molecule has 0 spiro atoms. The smallest absolute Gasteiger partial charge is 0.342 e. The number of cyclic esters (lactones) is 1. The molecule has 0 saturated carbocycles. The second-order valence-electron chi connectivity index (χ2n) is 6.63. The van der Waals surface area contributed by atoms with Crippen molar-refractivity contribution in [2.24, 2.45) is 5.92 Å². The highest BCUT2D eigenvalue weighted by molar-refractivity contribution is 5.97. The molecular formula is C20H24O6. The largest absolute Gasteiger partial charge is 0.507 e. The van der Waals surface area contributed by atoms with Crippen molar-refractivity contribution < 1.29 is 29.6 Å². The molecule has 6 nitrogen and oxygen atoms in total. The fourth-order valence-corrected chi connectivity index (χ4v) is 2.64. The van der Waals surface area contributed by atoms with Gasteiger partial charge in [0.2, 0.25) is 0 Å². The molecule has 4 atom stereocenters. The quantitative estimate of drug-likeness (QED) is 0.613. The highest BCUT2D eigenvalue weighted by Gasteiger charge is 2.24. The molecule has 3 N–H and O–H groups in total. The van der Waals surface area contributed by atoms with Gasteiger partial charge in [-0.05, 0) is 43.5 Å². The highest BCUT2D eigenvalue weighted by Crippen LogP contribution is 2.27. The minimum atomic E-state index is -1.53. The molecule has 0 fully saturated rings. The van der Waals surface area contributed by atoms with Gasteiger partial charge in [0.25, 0.3) is 0 Å². The summed E-state index contributed by atoms with van der Waals surface area (Å²) in [6, 6.07) is 3.18. The van der Waals surface area contributed by atoms with Crippen LogP contribution in [0.1, 0.15) is 41.8 Å². The maximum Gasteiger partial charge on any atom is 0.342 e. The molecule has 1 aromatic rings. The minimum absolute atomic E-state index is 0.00982. The number of fused-ring (bicyclic) bond motifs is 1. The number of hydrogen-bond donors (Lipinski definition) is 3. The second kappa shape index (κ2) is 8.29. The predicted molar refractivity (Wildman–Crippen MR) is 96.7 cm³/mol. The van der Waals surface area contributed by atoms with Crippen LogP contribution < -0.4 is 0 Å². The number of phenolic OH excluding ortho intramolecular Hbond substituents is 1. The number of aryl methyl sites for hydroxylation is 1. The van der Waals surface area contributed by atoms with Crippen molar-refractivity contribution in [3.05, 3.63) is 47.1 Å². The molecule has 1 heterocycles. The first-order valence-corrected chi connectivity index (χ1v) is 8.50. The maximum absolute atomic E-state index is 12.5. The van der Waals surface area contributed by atoms with Gasteiger partial charge in [-0.2, -0.15) is 0 Å². The number of esters is 1. The van der Waals surface area contributed by atoms with E-state index in [2.05, 4.69) is 0 Å². The summed E-state index contributed by atoms with van der Waals surface area (Å²) in [6.45, 7) is 5.21. The van der Waals surface area contributed by atoms with Crippen molar-refractivity contribution >= 4 is 17.8 Å². The summed E-state index contributed by atoms with van der Waals surface area (Å²) < 4.78 is 5.43. The standard InChI is InChI=1S/C20H24O6/c1-11-9-14-5-4-6-15(21)19(24)16(22)8-7-12(2)13(3)26-20(25)18(14)17(23)10-11/h4-5,7-10,12-13,15,19,21,23-24H,6H2,1-3H3/b5-4+,8-7-/t12-,13+,15+,19?/m1/s1. The second-order valence-corrected chi connectivity index (χ2v) is 6.63. The molecule has 6 heteroatoms. The number of ether oxygens (including phenoxy) is 1. The van der Waals surface area contributed by atoms with Crippen LogP contribution >= 0.6 is 0 Å². The Balaban J connectivity index is 2.48. The van der Waals surface area contributed by atoms with E-state index in [0.29, 0.717) is 5.56 Å². The Labute approximate surface area is 152 Å². The lowest BCUT2D eigenvalue weighted by molar-refractivity contribution is -0.127. The SMILES string of the molecule is Cc1cc(O)c2c(c1)/C=C/C[C@H](O)C(O)C(=O)/C=C\[C@@H](C)[C@H](C)OC2=O. The zero-order valence-electron chi connectivity index (χ0n) is 15.0. The van der Waals surface area contributed by atoms with Gasteiger partial charge >= 0.3 is 5.97 Å². The Morgan fingerprint density at radius 3 is 2.50 bits per heavy atom. The molecule has 0 amide bonds. The Morgan fingerprint density at radius 1 is 1.12 bits per heavy atom. The molecule has 0 aromatic heterocycles. The molecule has 0 saturated heterocycles. The van der Waals surface area contributed by atoms with Gasteiger partial charge in [-0.3, -0.25) is 4.79 Å². The van der Waals surface area contributed by atoms with Crippen LogP contribution in [-0.2, 0) is 9.53 Å². The molecule has 0 bridgehead atoms. The lowest BCUT2D eigenvalue weighted by Gasteiger charge is -2.20. The van der Waals surface area contributed by atoms with Crippen molar-refractivity contribution in [2.75, 3.05) is 0 Å². The van der Waals surface area contributed by atoms with E-state index in [0.717, 1.165) is 5.56 Å². The van der Waals surface area contributed by atoms with E-state index in [-0.39, 0.29) is 23.7 Å². The Morgan fingerprint density at radius 2 is 1.81 bits per heavy atom. The van der Waals surface area contributed by atoms with E-state index in [1.165, 1.54) is 24.3 Å². The summed E-state index contributed by atoms with van der Waals surface area (Å²) in [5.74, 6) is -1.77. The summed E-state index contributed by atoms with van der Waals surface area (Å²) in [6.07, 6.45) is 2.44. The van der Waals surface area contributed by atoms with E-state index < -0.39 is 30.1 Å². The van der Waals surface area contributed by atoms with Gasteiger partial charge in [-0.1, -0.05) is 31.2 Å². The Bertz CT molecular complexity index is 749. The summed E-state index contributed by atoms with van der Waals surface area (Å²) in [7, 11) is 0. The lowest BCUT2D eigenvalue weighted by Crippen LogP contribution is -2.32. The highest BCUT2D eigenvalue weighted by atomic mass is 16.5. The molecule has 1 unspecified atom stereocenters. The van der Waals surface area contributed by atoms with Gasteiger partial charge in [-0.25, -0.2) is 4.79 Å². The number of carbonyl (C=O) groups is 2. The van der Waals surface area contributed by atoms with Gasteiger partial charge in [0.1, 0.15) is 23.5 Å². The number of phenols is 1. The number of benzene rings is 1. The summed E-state index contributed by atoms with van der Waals surface area (Å²) in [5, 5.41) is 30.1. The van der Waals surface area contributed by atoms with Gasteiger partial charge < -0.3 is 20.1 Å². The third kappa shape index (κ3) is 4.59. The van der Waals surface area contributed by atoms with Crippen molar-refractivity contribution in [3.8, 4) is 5.75 Å². The van der Waals surface area contributed by atoms with Gasteiger partial charge in [0, 0.05) is 5.92 Å². The van der Waals surface area contributed by atoms with E-state index in [9.17, 15) is 24.9 Å². The third-order valence-electron chi connectivity index (χ3n) is 4.42. The van der Waals surface area contributed by atoms with Crippen LogP contribution in [-0.4, -0.2) is 45.4 Å². The van der Waals surface area contributed by atoms with Crippen LogP contribution in [0.2, 0.25) is 0 Å². The maximum atomic E-state index is 12.5. The Kier molecular flexibility index (Phi) is 6.34. The molecule has 1 aromatic carbocycles. The van der Waals surface area contributed by atoms with E-state index in [1.54, 1.807) is 32.9 Å². The first-order valence-electron chi connectivity index (χ1n) is 8.50. The van der Waals surface area contributed by atoms with Crippen LogP contribution in [0.5, 0.6) is 5.75 Å². The van der Waals surface area contributed by atoms with E-state index in [1.807, 2.05) is 0 Å². The summed E-state index contributed by atoms with van der Waals surface area (Å²) in [4.78, 5) is 24.5. The zero-order chi connectivity index (χ0) is 19.4. The van der Waals surface area contributed by atoms with Crippen LogP contribution in [0.3, 0.4) is 0 Å². The van der Waals surface area contributed by atoms with Gasteiger partial charge in [0.05, 0.1) is 6.10 Å². The summed E-state index contributed by atoms with van der Waals surface area (Å²) in [5.41, 5.74) is 1.23. The molecule has 0 aliphatic carbocycles. The average Bonchev–Trinajstić information content (AvgIpc) is 2.56. The fraction of sp³-hybridized carbons (Fsp3) is 0.400. The molecule has 1 aliphatic heterocycles. The van der Waals surface area contributed by atoms with Crippen molar-refractivity contribution in [2.45, 2.75) is 45.5 Å². The lowest BCUT2D eigenvalue weighted by atomic mass is 9.99. The molecular weight excluding hydrogens is 336 g/mol. The molecule has 0 radical (unpaired) electrons. The van der Waals surface area contributed by atoms with E-state index in [4.69, 9.17) is 4.74 Å². The van der Waals surface area contributed by atoms with Crippen molar-refractivity contribution in [3.63, 3.8) is 0 Å². The normalized spacial score (nSPS) is 30.0. The molecule has 140 valence electrons. The number of hydrogen-bond acceptors (Lipinski definition) is 6. The van der Waals surface area contributed by atoms with E-state index >= 15 is 0 Å². The first kappa shape index (κ1) is 19.9. The summed E-state index contributed by atoms with van der Waals surface area (Å²) >= 11 is 0. The molecule has 26 heavy (non-hydrogen) atoms. The van der Waals surface area contributed by atoms with Gasteiger partial charge in [0.15, 0.2) is 5.78 Å². The third-order valence-corrected chi connectivity index (χ3v) is 4.42.